The minimum absolute atomic E-state index is 0.181. The van der Waals surface area contributed by atoms with E-state index >= 15 is 0 Å². The summed E-state index contributed by atoms with van der Waals surface area (Å²) in [5.41, 5.74) is 2.33. The van der Waals surface area contributed by atoms with E-state index in [0.717, 1.165) is 13.0 Å². The summed E-state index contributed by atoms with van der Waals surface area (Å²) in [5.74, 6) is -5.84. The number of hydrogen-bond acceptors (Lipinski definition) is 2. The first kappa shape index (κ1) is 14.4. The SMILES string of the molecule is C[C@@](N)(c1cc(Br)c(F)cc1F)C(F)(F)CO. The largest absolute Gasteiger partial charge is 0.390 e. The predicted octanol–water partition coefficient (Wildman–Crippen LogP) is 2.53. The lowest BCUT2D eigenvalue weighted by atomic mass is 9.86. The van der Waals surface area contributed by atoms with Gasteiger partial charge in [-0.3, -0.25) is 0 Å². The van der Waals surface area contributed by atoms with Crippen molar-refractivity contribution >= 4 is 15.9 Å². The van der Waals surface area contributed by atoms with Gasteiger partial charge in [0.25, 0.3) is 5.92 Å². The Morgan fingerprint density at radius 1 is 1.29 bits per heavy atom. The average Bonchev–Trinajstić information content (AvgIpc) is 2.22. The third kappa shape index (κ3) is 2.46. The molecule has 0 bridgehead atoms. The van der Waals surface area contributed by atoms with Gasteiger partial charge < -0.3 is 10.8 Å². The van der Waals surface area contributed by atoms with E-state index < -0.39 is 35.3 Å². The zero-order valence-electron chi connectivity index (χ0n) is 8.78. The molecule has 7 heteroatoms. The van der Waals surface area contributed by atoms with Gasteiger partial charge in [0.2, 0.25) is 0 Å². The Hall–Kier alpha value is -0.660. The molecule has 3 N–H and O–H groups in total. The molecule has 17 heavy (non-hydrogen) atoms. The standard InChI is InChI=1S/C10H10BrF4NO/c1-9(16,10(14,15)4-17)5-2-6(11)8(13)3-7(5)12/h2-3,17H,4,16H2,1H3/t9-/m1/s1. The summed E-state index contributed by atoms with van der Waals surface area (Å²) in [5, 5.41) is 8.57. The van der Waals surface area contributed by atoms with Crippen LogP contribution in [0.25, 0.3) is 0 Å². The Bertz CT molecular complexity index is 437. The van der Waals surface area contributed by atoms with Crippen molar-refractivity contribution in [3.8, 4) is 0 Å². The van der Waals surface area contributed by atoms with E-state index in [0.29, 0.717) is 6.07 Å². The molecule has 0 radical (unpaired) electrons. The van der Waals surface area contributed by atoms with Crippen molar-refractivity contribution in [3.63, 3.8) is 0 Å². The van der Waals surface area contributed by atoms with Crippen LogP contribution in [0.3, 0.4) is 0 Å². The van der Waals surface area contributed by atoms with Crippen molar-refractivity contribution in [1.29, 1.82) is 0 Å². The Morgan fingerprint density at radius 2 is 1.82 bits per heavy atom. The fourth-order valence-electron chi connectivity index (χ4n) is 1.28. The molecule has 0 aliphatic carbocycles. The number of benzene rings is 1. The average molecular weight is 316 g/mol. The summed E-state index contributed by atoms with van der Waals surface area (Å²) < 4.78 is 53.0. The number of aliphatic hydroxyl groups excluding tert-OH is 1. The van der Waals surface area contributed by atoms with Crippen LogP contribution in [0, 0.1) is 11.6 Å². The Morgan fingerprint density at radius 3 is 2.29 bits per heavy atom. The summed E-state index contributed by atoms with van der Waals surface area (Å²) >= 11 is 2.76. The lowest BCUT2D eigenvalue weighted by Crippen LogP contribution is -2.53. The van der Waals surface area contributed by atoms with Crippen LogP contribution < -0.4 is 5.73 Å². The van der Waals surface area contributed by atoms with Gasteiger partial charge in [-0.25, -0.2) is 17.6 Å². The van der Waals surface area contributed by atoms with Crippen molar-refractivity contribution in [2.45, 2.75) is 18.4 Å². The van der Waals surface area contributed by atoms with E-state index in [1.165, 1.54) is 0 Å². The van der Waals surface area contributed by atoms with Crippen LogP contribution in [-0.4, -0.2) is 17.6 Å². The molecule has 1 aromatic rings. The highest BCUT2D eigenvalue weighted by molar-refractivity contribution is 9.10. The summed E-state index contributed by atoms with van der Waals surface area (Å²) in [4.78, 5) is 0. The number of halogens is 5. The van der Waals surface area contributed by atoms with Crippen molar-refractivity contribution in [2.24, 2.45) is 5.73 Å². The first-order chi connectivity index (χ1) is 7.63. The van der Waals surface area contributed by atoms with Gasteiger partial charge in [0, 0.05) is 11.6 Å². The van der Waals surface area contributed by atoms with Gasteiger partial charge in [0.05, 0.1) is 4.47 Å². The predicted molar refractivity (Wildman–Crippen MR) is 57.6 cm³/mol. The second-order valence-corrected chi connectivity index (χ2v) is 4.67. The van der Waals surface area contributed by atoms with Gasteiger partial charge in [0.1, 0.15) is 23.8 Å². The topological polar surface area (TPSA) is 46.2 Å². The molecule has 0 aliphatic heterocycles. The summed E-state index contributed by atoms with van der Waals surface area (Å²) in [7, 11) is 0. The Balaban J connectivity index is 3.38. The molecule has 1 aromatic carbocycles. The first-order valence-corrected chi connectivity index (χ1v) is 5.35. The molecule has 2 nitrogen and oxygen atoms in total. The van der Waals surface area contributed by atoms with E-state index in [1.54, 1.807) is 0 Å². The number of alkyl halides is 2. The van der Waals surface area contributed by atoms with Gasteiger partial charge in [-0.15, -0.1) is 0 Å². The minimum atomic E-state index is -3.73. The molecule has 0 fully saturated rings. The molecule has 0 unspecified atom stereocenters. The number of aliphatic hydroxyl groups is 1. The Labute approximate surface area is 104 Å². The van der Waals surface area contributed by atoms with Gasteiger partial charge in [-0.2, -0.15) is 0 Å². The molecule has 0 saturated heterocycles. The van der Waals surface area contributed by atoms with Gasteiger partial charge in [-0.05, 0) is 28.9 Å². The second kappa shape index (κ2) is 4.55. The molecule has 0 amide bonds. The zero-order chi connectivity index (χ0) is 13.4. The molecule has 0 saturated carbocycles. The van der Waals surface area contributed by atoms with Crippen LogP contribution in [0.4, 0.5) is 17.6 Å². The lowest BCUT2D eigenvalue weighted by Gasteiger charge is -2.33. The minimum Gasteiger partial charge on any atom is -0.390 e. The summed E-state index contributed by atoms with van der Waals surface area (Å²) in [6, 6.07) is 1.30. The number of rotatable bonds is 3. The fourth-order valence-corrected chi connectivity index (χ4v) is 1.63. The van der Waals surface area contributed by atoms with E-state index in [1.807, 2.05) is 0 Å². The van der Waals surface area contributed by atoms with Crippen molar-refractivity contribution in [2.75, 3.05) is 6.61 Å². The summed E-state index contributed by atoms with van der Waals surface area (Å²) in [6.07, 6.45) is 0. The van der Waals surface area contributed by atoms with Gasteiger partial charge in [0.15, 0.2) is 0 Å². The highest BCUT2D eigenvalue weighted by Gasteiger charge is 2.49. The third-order valence-electron chi connectivity index (χ3n) is 2.53. The van der Waals surface area contributed by atoms with Crippen LogP contribution >= 0.6 is 15.9 Å². The molecular formula is C10H10BrF4NO. The van der Waals surface area contributed by atoms with Crippen LogP contribution in [0.2, 0.25) is 0 Å². The van der Waals surface area contributed by atoms with Crippen molar-refractivity contribution in [3.05, 3.63) is 33.8 Å². The monoisotopic (exact) mass is 315 g/mol. The van der Waals surface area contributed by atoms with Crippen LogP contribution in [-0.2, 0) is 5.54 Å². The van der Waals surface area contributed by atoms with Crippen molar-refractivity contribution < 1.29 is 22.7 Å². The molecule has 96 valence electrons. The maximum absolute atomic E-state index is 13.4. The maximum Gasteiger partial charge on any atom is 0.292 e. The molecule has 0 aliphatic rings. The quantitative estimate of drug-likeness (QED) is 0.665. The van der Waals surface area contributed by atoms with E-state index in [4.69, 9.17) is 10.8 Å². The molecule has 1 atom stereocenters. The lowest BCUT2D eigenvalue weighted by molar-refractivity contribution is -0.109. The van der Waals surface area contributed by atoms with E-state index in [-0.39, 0.29) is 4.47 Å². The van der Waals surface area contributed by atoms with E-state index in [9.17, 15) is 17.6 Å². The first-order valence-electron chi connectivity index (χ1n) is 4.56. The highest BCUT2D eigenvalue weighted by atomic mass is 79.9. The fraction of sp³-hybridized carbons (Fsp3) is 0.400. The Kier molecular flexibility index (Phi) is 3.85. The van der Waals surface area contributed by atoms with Crippen LogP contribution in [0.1, 0.15) is 12.5 Å². The molecule has 1 rings (SSSR count). The number of nitrogens with two attached hydrogens (primary N) is 1. The summed E-state index contributed by atoms with van der Waals surface area (Å²) in [6.45, 7) is -0.666. The molecular weight excluding hydrogens is 306 g/mol. The molecule has 0 heterocycles. The third-order valence-corrected chi connectivity index (χ3v) is 3.14. The van der Waals surface area contributed by atoms with E-state index in [2.05, 4.69) is 15.9 Å². The van der Waals surface area contributed by atoms with Crippen LogP contribution in [0.5, 0.6) is 0 Å². The highest BCUT2D eigenvalue weighted by Crippen LogP contribution is 2.37. The van der Waals surface area contributed by atoms with Gasteiger partial charge in [-0.1, -0.05) is 0 Å². The van der Waals surface area contributed by atoms with Gasteiger partial charge >= 0.3 is 0 Å². The zero-order valence-corrected chi connectivity index (χ0v) is 10.4. The normalized spacial score (nSPS) is 15.8. The molecule has 0 spiro atoms. The maximum atomic E-state index is 13.4. The van der Waals surface area contributed by atoms with Crippen LogP contribution in [0.15, 0.2) is 16.6 Å². The van der Waals surface area contributed by atoms with Crippen molar-refractivity contribution in [1.82, 2.24) is 0 Å². The second-order valence-electron chi connectivity index (χ2n) is 3.81. The number of hydrogen-bond donors (Lipinski definition) is 2. The molecule has 0 aromatic heterocycles. The smallest absolute Gasteiger partial charge is 0.292 e.